The molecule has 0 unspecified atom stereocenters. The third-order valence-electron chi connectivity index (χ3n) is 5.18. The second-order valence-corrected chi connectivity index (χ2v) is 8.20. The lowest BCUT2D eigenvalue weighted by Gasteiger charge is -2.15. The lowest BCUT2D eigenvalue weighted by atomic mass is 10.0. The van der Waals surface area contributed by atoms with Crippen LogP contribution in [0.15, 0.2) is 60.7 Å². The maximum atomic E-state index is 12.6. The molecule has 1 N–H and O–H groups in total. The van der Waals surface area contributed by atoms with Gasteiger partial charge in [0.1, 0.15) is 0 Å². The molecule has 4 rings (SSSR count). The molecule has 0 spiro atoms. The Morgan fingerprint density at radius 1 is 1.03 bits per heavy atom. The monoisotopic (exact) mass is 404 g/mol. The van der Waals surface area contributed by atoms with E-state index in [1.807, 2.05) is 55.1 Å². The Morgan fingerprint density at radius 3 is 2.66 bits per heavy atom. The van der Waals surface area contributed by atoms with Crippen molar-refractivity contribution in [2.75, 3.05) is 22.5 Å². The van der Waals surface area contributed by atoms with Crippen LogP contribution in [0.4, 0.5) is 11.4 Å². The summed E-state index contributed by atoms with van der Waals surface area (Å²) in [7, 11) is 0. The van der Waals surface area contributed by atoms with E-state index in [0.717, 1.165) is 40.1 Å². The molecule has 0 atom stereocenters. The molecule has 29 heavy (non-hydrogen) atoms. The molecule has 148 valence electrons. The smallest absolute Gasteiger partial charge is 0.258 e. The first-order valence-corrected chi connectivity index (χ1v) is 11.1. The molecule has 3 aromatic carbocycles. The summed E-state index contributed by atoms with van der Waals surface area (Å²) in [6, 6.07) is 19.9. The molecule has 1 aliphatic rings. The molecule has 0 radical (unpaired) electrons. The van der Waals surface area contributed by atoms with Crippen molar-refractivity contribution in [1.82, 2.24) is 0 Å². The highest BCUT2D eigenvalue weighted by Gasteiger charge is 2.29. The normalized spacial score (nSPS) is 12.6. The van der Waals surface area contributed by atoms with Crippen LogP contribution in [-0.4, -0.2) is 24.1 Å². The maximum Gasteiger partial charge on any atom is 0.258 e. The number of rotatable bonds is 8. The highest BCUT2D eigenvalue weighted by atomic mass is 32.2. The number of nitrogens with one attached hydrogen (secondary N) is 1. The van der Waals surface area contributed by atoms with Gasteiger partial charge in [0, 0.05) is 40.7 Å². The van der Waals surface area contributed by atoms with Crippen LogP contribution >= 0.6 is 11.8 Å². The zero-order valence-electron chi connectivity index (χ0n) is 16.5. The molecule has 5 heteroatoms. The van der Waals surface area contributed by atoms with Gasteiger partial charge in [-0.05, 0) is 42.9 Å². The molecule has 3 aromatic rings. The summed E-state index contributed by atoms with van der Waals surface area (Å²) in [6.07, 6.45) is 1.33. The van der Waals surface area contributed by atoms with Crippen molar-refractivity contribution >= 4 is 45.7 Å². The van der Waals surface area contributed by atoms with Crippen LogP contribution in [0.5, 0.6) is 0 Å². The number of thioether (sulfide) groups is 1. The van der Waals surface area contributed by atoms with Crippen LogP contribution in [0.2, 0.25) is 0 Å². The van der Waals surface area contributed by atoms with Gasteiger partial charge in [0.25, 0.3) is 5.91 Å². The van der Waals surface area contributed by atoms with Crippen molar-refractivity contribution in [1.29, 1.82) is 0 Å². The molecular weight excluding hydrogens is 380 g/mol. The van der Waals surface area contributed by atoms with Gasteiger partial charge in [-0.2, -0.15) is 11.8 Å². The van der Waals surface area contributed by atoms with Gasteiger partial charge in [-0.1, -0.05) is 42.5 Å². The minimum atomic E-state index is 0.0164. The van der Waals surface area contributed by atoms with Gasteiger partial charge in [0.2, 0.25) is 5.91 Å². The summed E-state index contributed by atoms with van der Waals surface area (Å²) in [6.45, 7) is 2.61. The Balaban J connectivity index is 1.37. The van der Waals surface area contributed by atoms with Crippen molar-refractivity contribution < 1.29 is 9.59 Å². The Kier molecular flexibility index (Phi) is 5.86. The van der Waals surface area contributed by atoms with E-state index in [4.69, 9.17) is 0 Å². The summed E-state index contributed by atoms with van der Waals surface area (Å²) in [5, 5.41) is 4.91. The number of hydrogen-bond donors (Lipinski definition) is 1. The van der Waals surface area contributed by atoms with Crippen molar-refractivity contribution in [3.05, 3.63) is 71.8 Å². The van der Waals surface area contributed by atoms with Crippen molar-refractivity contribution in [3.8, 4) is 0 Å². The number of hydrogen-bond acceptors (Lipinski definition) is 3. The Morgan fingerprint density at radius 2 is 1.86 bits per heavy atom. The number of carbonyl (C=O) groups is 2. The van der Waals surface area contributed by atoms with Crippen LogP contribution in [0.25, 0.3) is 10.8 Å². The molecule has 0 aromatic heterocycles. The Labute approximate surface area is 175 Å². The molecule has 2 amide bonds. The zero-order valence-corrected chi connectivity index (χ0v) is 17.3. The Bertz CT molecular complexity index is 1050. The summed E-state index contributed by atoms with van der Waals surface area (Å²) in [4.78, 5) is 26.8. The van der Waals surface area contributed by atoms with Gasteiger partial charge in [-0.15, -0.1) is 0 Å². The van der Waals surface area contributed by atoms with E-state index in [0.29, 0.717) is 18.5 Å². The molecular formula is C24H24N2O2S. The summed E-state index contributed by atoms with van der Waals surface area (Å²) in [5.41, 5.74) is 3.73. The van der Waals surface area contributed by atoms with E-state index in [9.17, 15) is 9.59 Å². The molecule has 0 bridgehead atoms. The lowest BCUT2D eigenvalue weighted by molar-refractivity contribution is -0.116. The van der Waals surface area contributed by atoms with Crippen molar-refractivity contribution in [2.45, 2.75) is 25.5 Å². The van der Waals surface area contributed by atoms with E-state index in [1.54, 1.807) is 4.90 Å². The highest BCUT2D eigenvalue weighted by molar-refractivity contribution is 7.98. The van der Waals surface area contributed by atoms with Crippen LogP contribution in [0, 0.1) is 0 Å². The second-order valence-electron chi connectivity index (χ2n) is 7.10. The van der Waals surface area contributed by atoms with Gasteiger partial charge in [0.15, 0.2) is 0 Å². The molecule has 4 nitrogen and oxygen atoms in total. The average Bonchev–Trinajstić information content (AvgIpc) is 3.03. The van der Waals surface area contributed by atoms with E-state index in [1.165, 1.54) is 5.56 Å². The van der Waals surface area contributed by atoms with Gasteiger partial charge >= 0.3 is 0 Å². The SMILES string of the molecule is CCN1C(=O)c2cccc3c(NC(=O)CCCSCc4ccccc4)ccc1c23. The maximum absolute atomic E-state index is 12.6. The first-order chi connectivity index (χ1) is 14.2. The summed E-state index contributed by atoms with van der Waals surface area (Å²) in [5.74, 6) is 1.97. The van der Waals surface area contributed by atoms with E-state index >= 15 is 0 Å². The fourth-order valence-electron chi connectivity index (χ4n) is 3.78. The molecule has 0 fully saturated rings. The summed E-state index contributed by atoms with van der Waals surface area (Å²) >= 11 is 1.85. The summed E-state index contributed by atoms with van der Waals surface area (Å²) < 4.78 is 0. The van der Waals surface area contributed by atoms with E-state index < -0.39 is 0 Å². The number of anilines is 2. The fraction of sp³-hybridized carbons (Fsp3) is 0.250. The van der Waals surface area contributed by atoms with Crippen molar-refractivity contribution in [2.24, 2.45) is 0 Å². The van der Waals surface area contributed by atoms with Gasteiger partial charge in [0.05, 0.1) is 5.69 Å². The third-order valence-corrected chi connectivity index (χ3v) is 6.29. The molecule has 1 aliphatic heterocycles. The number of carbonyl (C=O) groups excluding carboxylic acids is 2. The second kappa shape index (κ2) is 8.70. The molecule has 1 heterocycles. The first-order valence-electron chi connectivity index (χ1n) is 9.98. The predicted molar refractivity (Wildman–Crippen MR) is 122 cm³/mol. The van der Waals surface area contributed by atoms with E-state index in [2.05, 4.69) is 29.6 Å². The van der Waals surface area contributed by atoms with Gasteiger partial charge in [-0.3, -0.25) is 9.59 Å². The topological polar surface area (TPSA) is 49.4 Å². The standard InChI is InChI=1S/C24H24N2O2S/c1-2-26-21-14-13-20(18-10-6-11-19(23(18)21)24(26)28)25-22(27)12-7-15-29-16-17-8-4-3-5-9-17/h3-6,8-11,13-14H,2,7,12,15-16H2,1H3,(H,25,27). The fourth-order valence-corrected chi connectivity index (χ4v) is 4.70. The van der Waals surface area contributed by atoms with Gasteiger partial charge in [-0.25, -0.2) is 0 Å². The minimum Gasteiger partial charge on any atom is -0.326 e. The van der Waals surface area contributed by atoms with E-state index in [-0.39, 0.29) is 11.8 Å². The van der Waals surface area contributed by atoms with Crippen LogP contribution in [-0.2, 0) is 10.5 Å². The van der Waals surface area contributed by atoms with Crippen LogP contribution in [0.1, 0.15) is 35.7 Å². The predicted octanol–water partition coefficient (Wildman–Crippen LogP) is 5.47. The molecule has 0 aliphatic carbocycles. The quantitative estimate of drug-likeness (QED) is 0.506. The molecule has 0 saturated heterocycles. The van der Waals surface area contributed by atoms with Gasteiger partial charge < -0.3 is 10.2 Å². The highest BCUT2D eigenvalue weighted by Crippen LogP contribution is 2.40. The zero-order chi connectivity index (χ0) is 20.2. The minimum absolute atomic E-state index is 0.0164. The number of benzene rings is 3. The van der Waals surface area contributed by atoms with Crippen LogP contribution < -0.4 is 10.2 Å². The first kappa shape index (κ1) is 19.5. The lowest BCUT2D eigenvalue weighted by Crippen LogP contribution is -2.25. The number of nitrogens with zero attached hydrogens (tertiary/aromatic N) is 1. The van der Waals surface area contributed by atoms with Crippen LogP contribution in [0.3, 0.4) is 0 Å². The third kappa shape index (κ3) is 4.01. The number of amides is 2. The molecule has 0 saturated carbocycles. The van der Waals surface area contributed by atoms with Crippen molar-refractivity contribution in [3.63, 3.8) is 0 Å². The Hall–Kier alpha value is -2.79. The average molecular weight is 405 g/mol. The largest absolute Gasteiger partial charge is 0.326 e.